The summed E-state index contributed by atoms with van der Waals surface area (Å²) < 4.78 is 4.77. The van der Waals surface area contributed by atoms with E-state index in [1.807, 2.05) is 32.0 Å². The van der Waals surface area contributed by atoms with Crippen LogP contribution in [-0.4, -0.2) is 19.6 Å². The number of rotatable bonds is 5. The van der Waals surface area contributed by atoms with E-state index in [0.29, 0.717) is 12.1 Å². The van der Waals surface area contributed by atoms with Gasteiger partial charge in [-0.3, -0.25) is 4.79 Å². The Bertz CT molecular complexity index is 449. The molecule has 4 heteroatoms. The van der Waals surface area contributed by atoms with Gasteiger partial charge in [0.2, 0.25) is 0 Å². The molecule has 1 aromatic carbocycles. The first-order valence-electron chi connectivity index (χ1n) is 5.91. The minimum atomic E-state index is -0.230. The normalized spacial score (nSPS) is 11.7. The highest BCUT2D eigenvalue weighted by Gasteiger charge is 2.22. The predicted octanol–water partition coefficient (Wildman–Crippen LogP) is 2.42. The van der Waals surface area contributed by atoms with Gasteiger partial charge in [-0.15, -0.1) is 0 Å². The predicted molar refractivity (Wildman–Crippen MR) is 70.0 cm³/mol. The Labute approximate surface area is 108 Å². The Morgan fingerprint density at radius 3 is 2.67 bits per heavy atom. The molecule has 0 fully saturated rings. The second-order valence-electron chi connectivity index (χ2n) is 4.41. The number of para-hydroxylation sites is 1. The van der Waals surface area contributed by atoms with Gasteiger partial charge in [0.05, 0.1) is 24.3 Å². The van der Waals surface area contributed by atoms with E-state index >= 15 is 0 Å². The summed E-state index contributed by atoms with van der Waals surface area (Å²) in [5, 5.41) is 12.1. The van der Waals surface area contributed by atoms with Crippen molar-refractivity contribution in [1.82, 2.24) is 0 Å². The summed E-state index contributed by atoms with van der Waals surface area (Å²) in [6.07, 6.45) is 0. The number of methoxy groups -OCH3 is 1. The Balaban J connectivity index is 2.74. The standard InChI is InChI=1S/C14H18N2O2/c1-10(2)12(14(17)18-3)9-16-13-7-5-4-6-11(13)8-15/h4-7,10,12,16H,9H2,1-3H3. The molecule has 1 unspecified atom stereocenters. The average molecular weight is 246 g/mol. The number of hydrogen-bond donors (Lipinski definition) is 1. The molecule has 0 spiro atoms. The SMILES string of the molecule is COC(=O)C(CNc1ccccc1C#N)C(C)C. The van der Waals surface area contributed by atoms with Crippen molar-refractivity contribution in [2.24, 2.45) is 11.8 Å². The van der Waals surface area contributed by atoms with E-state index in [4.69, 9.17) is 10.00 Å². The molecule has 0 aromatic heterocycles. The maximum absolute atomic E-state index is 11.6. The number of carbonyl (C=O) groups excluding carboxylic acids is 1. The van der Waals surface area contributed by atoms with Gasteiger partial charge in [0.1, 0.15) is 6.07 Å². The smallest absolute Gasteiger partial charge is 0.310 e. The highest BCUT2D eigenvalue weighted by molar-refractivity contribution is 5.73. The molecule has 0 aliphatic rings. The molecule has 0 aliphatic carbocycles. The number of benzene rings is 1. The zero-order chi connectivity index (χ0) is 13.5. The largest absolute Gasteiger partial charge is 0.469 e. The van der Waals surface area contributed by atoms with Gasteiger partial charge in [-0.1, -0.05) is 26.0 Å². The van der Waals surface area contributed by atoms with Crippen LogP contribution in [0.15, 0.2) is 24.3 Å². The molecular weight excluding hydrogens is 228 g/mol. The van der Waals surface area contributed by atoms with Crippen molar-refractivity contribution in [3.63, 3.8) is 0 Å². The zero-order valence-corrected chi connectivity index (χ0v) is 10.9. The monoisotopic (exact) mass is 246 g/mol. The molecule has 0 bridgehead atoms. The maximum Gasteiger partial charge on any atom is 0.310 e. The van der Waals surface area contributed by atoms with Crippen LogP contribution >= 0.6 is 0 Å². The van der Waals surface area contributed by atoms with Crippen molar-refractivity contribution >= 4 is 11.7 Å². The zero-order valence-electron chi connectivity index (χ0n) is 10.9. The third-order valence-corrected chi connectivity index (χ3v) is 2.87. The molecule has 0 heterocycles. The first-order chi connectivity index (χ1) is 8.60. The van der Waals surface area contributed by atoms with Crippen LogP contribution in [0.3, 0.4) is 0 Å². The molecule has 1 N–H and O–H groups in total. The summed E-state index contributed by atoms with van der Waals surface area (Å²) in [5.41, 5.74) is 1.32. The topological polar surface area (TPSA) is 62.1 Å². The molecule has 1 aromatic rings. The van der Waals surface area contributed by atoms with Crippen molar-refractivity contribution < 1.29 is 9.53 Å². The molecule has 1 rings (SSSR count). The van der Waals surface area contributed by atoms with Gasteiger partial charge in [0.25, 0.3) is 0 Å². The molecule has 0 aliphatic heterocycles. The van der Waals surface area contributed by atoms with Crippen LogP contribution in [0.25, 0.3) is 0 Å². The Morgan fingerprint density at radius 1 is 1.44 bits per heavy atom. The van der Waals surface area contributed by atoms with E-state index in [9.17, 15) is 4.79 Å². The summed E-state index contributed by atoms with van der Waals surface area (Å²) >= 11 is 0. The van der Waals surface area contributed by atoms with Crippen molar-refractivity contribution in [3.05, 3.63) is 29.8 Å². The Kier molecular flexibility index (Phi) is 5.19. The second-order valence-corrected chi connectivity index (χ2v) is 4.41. The number of carbonyl (C=O) groups is 1. The summed E-state index contributed by atoms with van der Waals surface area (Å²) in [6, 6.07) is 9.34. The van der Waals surface area contributed by atoms with Crippen LogP contribution in [-0.2, 0) is 9.53 Å². The minimum absolute atomic E-state index is 0.180. The number of nitrogens with one attached hydrogen (secondary N) is 1. The van der Waals surface area contributed by atoms with Gasteiger partial charge in [0.15, 0.2) is 0 Å². The number of nitrogens with zero attached hydrogens (tertiary/aromatic N) is 1. The van der Waals surface area contributed by atoms with E-state index < -0.39 is 0 Å². The lowest BCUT2D eigenvalue weighted by Crippen LogP contribution is -2.29. The molecule has 4 nitrogen and oxygen atoms in total. The van der Waals surface area contributed by atoms with Gasteiger partial charge in [-0.2, -0.15) is 5.26 Å². The van der Waals surface area contributed by atoms with Gasteiger partial charge in [0, 0.05) is 6.54 Å². The average Bonchev–Trinajstić information content (AvgIpc) is 2.38. The quantitative estimate of drug-likeness (QED) is 0.810. The molecule has 0 saturated carbocycles. The fourth-order valence-corrected chi connectivity index (χ4v) is 1.70. The van der Waals surface area contributed by atoms with Crippen molar-refractivity contribution in [2.75, 3.05) is 19.0 Å². The number of hydrogen-bond acceptors (Lipinski definition) is 4. The highest BCUT2D eigenvalue weighted by atomic mass is 16.5. The molecule has 0 saturated heterocycles. The maximum atomic E-state index is 11.6. The lowest BCUT2D eigenvalue weighted by atomic mass is 9.96. The van der Waals surface area contributed by atoms with Crippen LogP contribution in [0.1, 0.15) is 19.4 Å². The number of esters is 1. The van der Waals surface area contributed by atoms with Crippen LogP contribution in [0.5, 0.6) is 0 Å². The van der Waals surface area contributed by atoms with Crippen LogP contribution in [0.4, 0.5) is 5.69 Å². The van der Waals surface area contributed by atoms with Gasteiger partial charge < -0.3 is 10.1 Å². The molecular formula is C14H18N2O2. The van der Waals surface area contributed by atoms with E-state index in [2.05, 4.69) is 11.4 Å². The van der Waals surface area contributed by atoms with Gasteiger partial charge in [-0.05, 0) is 18.1 Å². The first kappa shape index (κ1) is 14.0. The third kappa shape index (κ3) is 3.49. The molecule has 18 heavy (non-hydrogen) atoms. The molecule has 0 amide bonds. The molecule has 0 radical (unpaired) electrons. The molecule has 96 valence electrons. The second kappa shape index (κ2) is 6.65. The van der Waals surface area contributed by atoms with E-state index in [1.54, 1.807) is 6.07 Å². The van der Waals surface area contributed by atoms with Crippen molar-refractivity contribution in [3.8, 4) is 6.07 Å². The molecule has 1 atom stereocenters. The number of anilines is 1. The van der Waals surface area contributed by atoms with Crippen LogP contribution in [0, 0.1) is 23.2 Å². The lowest BCUT2D eigenvalue weighted by molar-refractivity contribution is -0.146. The minimum Gasteiger partial charge on any atom is -0.469 e. The lowest BCUT2D eigenvalue weighted by Gasteiger charge is -2.19. The van der Waals surface area contributed by atoms with Crippen LogP contribution < -0.4 is 5.32 Å². The van der Waals surface area contributed by atoms with Crippen molar-refractivity contribution in [1.29, 1.82) is 5.26 Å². The summed E-state index contributed by atoms with van der Waals surface area (Å²) in [7, 11) is 1.39. The fraction of sp³-hybridized carbons (Fsp3) is 0.429. The fourth-order valence-electron chi connectivity index (χ4n) is 1.70. The highest BCUT2D eigenvalue weighted by Crippen LogP contribution is 2.17. The van der Waals surface area contributed by atoms with E-state index in [-0.39, 0.29) is 17.8 Å². The summed E-state index contributed by atoms with van der Waals surface area (Å²) in [4.78, 5) is 11.6. The van der Waals surface area contributed by atoms with Crippen molar-refractivity contribution in [2.45, 2.75) is 13.8 Å². The van der Waals surface area contributed by atoms with E-state index in [0.717, 1.165) is 5.69 Å². The number of ether oxygens (including phenoxy) is 1. The Morgan fingerprint density at radius 2 is 2.11 bits per heavy atom. The third-order valence-electron chi connectivity index (χ3n) is 2.87. The van der Waals surface area contributed by atoms with Gasteiger partial charge >= 0.3 is 5.97 Å². The number of nitriles is 1. The van der Waals surface area contributed by atoms with E-state index in [1.165, 1.54) is 7.11 Å². The van der Waals surface area contributed by atoms with Gasteiger partial charge in [-0.25, -0.2) is 0 Å². The van der Waals surface area contributed by atoms with Crippen LogP contribution in [0.2, 0.25) is 0 Å². The summed E-state index contributed by atoms with van der Waals surface area (Å²) in [5.74, 6) is -0.270. The first-order valence-corrected chi connectivity index (χ1v) is 5.91. The Hall–Kier alpha value is -2.02. The summed E-state index contributed by atoms with van der Waals surface area (Å²) in [6.45, 7) is 4.40.